The number of nitrogens with two attached hydrogens (primary N) is 1. The summed E-state index contributed by atoms with van der Waals surface area (Å²) in [6.07, 6.45) is 1.46. The van der Waals surface area contributed by atoms with Gasteiger partial charge < -0.3 is 10.4 Å². The lowest BCUT2D eigenvalue weighted by atomic mass is 9.73. The van der Waals surface area contributed by atoms with E-state index in [0.29, 0.717) is 0 Å². The first-order valence-electron chi connectivity index (χ1n) is 5.36. The fraction of sp³-hybridized carbons (Fsp3) is 0.417. The Balaban J connectivity index is 2.38. The highest BCUT2D eigenvalue weighted by molar-refractivity contribution is 5.81. The summed E-state index contributed by atoms with van der Waals surface area (Å²) in [7, 11) is 0. The van der Waals surface area contributed by atoms with Crippen LogP contribution in [0.2, 0.25) is 0 Å². The van der Waals surface area contributed by atoms with Crippen LogP contribution in [0.4, 0.5) is 0 Å². The lowest BCUT2D eigenvalue weighted by molar-refractivity contribution is -0.664. The number of carbonyl (C=O) groups is 1. The average molecular weight is 206 g/mol. The standard InChI is InChI=1S/C12H15NO2/c14-11(15)12(6-8-13-9-7-12)10-4-2-1-3-5-10/h1-5,13H,6-9H2,(H,14,15)/p+1. The summed E-state index contributed by atoms with van der Waals surface area (Å²) in [6.45, 7) is 1.81. The summed E-state index contributed by atoms with van der Waals surface area (Å²) in [6, 6.07) is 9.61. The number of carboxylic acid groups (broad SMARTS) is 1. The van der Waals surface area contributed by atoms with Crippen molar-refractivity contribution in [2.75, 3.05) is 13.1 Å². The summed E-state index contributed by atoms with van der Waals surface area (Å²) in [5, 5.41) is 11.6. The number of quaternary nitrogens is 1. The van der Waals surface area contributed by atoms with E-state index in [1.165, 1.54) is 0 Å². The molecule has 0 saturated carbocycles. The Morgan fingerprint density at radius 1 is 1.20 bits per heavy atom. The molecular weight excluding hydrogens is 190 g/mol. The molecule has 0 spiro atoms. The summed E-state index contributed by atoms with van der Waals surface area (Å²) in [5.74, 6) is -0.679. The Labute approximate surface area is 89.1 Å². The third-order valence-corrected chi connectivity index (χ3v) is 3.29. The largest absolute Gasteiger partial charge is 0.481 e. The predicted octanol–water partition coefficient (Wildman–Crippen LogP) is 0.366. The predicted molar refractivity (Wildman–Crippen MR) is 56.6 cm³/mol. The topological polar surface area (TPSA) is 53.9 Å². The molecular formula is C12H16NO2+. The van der Waals surface area contributed by atoms with E-state index < -0.39 is 11.4 Å². The van der Waals surface area contributed by atoms with Crippen LogP contribution in [0.1, 0.15) is 18.4 Å². The highest BCUT2D eigenvalue weighted by Crippen LogP contribution is 2.32. The van der Waals surface area contributed by atoms with Crippen LogP contribution in [0, 0.1) is 0 Å². The molecule has 1 saturated heterocycles. The van der Waals surface area contributed by atoms with E-state index in [9.17, 15) is 9.90 Å². The van der Waals surface area contributed by atoms with Crippen LogP contribution in [-0.4, -0.2) is 24.2 Å². The van der Waals surface area contributed by atoms with Gasteiger partial charge in [-0.3, -0.25) is 4.79 Å². The Bertz CT molecular complexity index is 342. The third kappa shape index (κ3) is 1.75. The van der Waals surface area contributed by atoms with Gasteiger partial charge in [0.2, 0.25) is 0 Å². The highest BCUT2D eigenvalue weighted by Gasteiger charge is 2.42. The molecule has 1 aromatic rings. The van der Waals surface area contributed by atoms with E-state index in [-0.39, 0.29) is 0 Å². The lowest BCUT2D eigenvalue weighted by Gasteiger charge is -2.32. The molecule has 15 heavy (non-hydrogen) atoms. The van der Waals surface area contributed by atoms with Crippen molar-refractivity contribution in [3.63, 3.8) is 0 Å². The Kier molecular flexibility index (Phi) is 2.73. The third-order valence-electron chi connectivity index (χ3n) is 3.29. The summed E-state index contributed by atoms with van der Waals surface area (Å²) in [4.78, 5) is 11.5. The lowest BCUT2D eigenvalue weighted by Crippen LogP contribution is -2.87. The van der Waals surface area contributed by atoms with E-state index in [0.717, 1.165) is 31.5 Å². The first-order chi connectivity index (χ1) is 7.26. The van der Waals surface area contributed by atoms with Gasteiger partial charge in [0.05, 0.1) is 13.1 Å². The zero-order valence-corrected chi connectivity index (χ0v) is 8.65. The fourth-order valence-electron chi connectivity index (χ4n) is 2.35. The summed E-state index contributed by atoms with van der Waals surface area (Å²) >= 11 is 0. The second-order valence-electron chi connectivity index (χ2n) is 4.12. The average Bonchev–Trinajstić information content (AvgIpc) is 2.31. The Morgan fingerprint density at radius 3 is 2.33 bits per heavy atom. The molecule has 2 rings (SSSR count). The van der Waals surface area contributed by atoms with Crippen molar-refractivity contribution in [2.45, 2.75) is 18.3 Å². The zero-order chi connectivity index (χ0) is 10.7. The molecule has 0 aliphatic carbocycles. The monoisotopic (exact) mass is 206 g/mol. The van der Waals surface area contributed by atoms with E-state index >= 15 is 0 Å². The van der Waals surface area contributed by atoms with Crippen molar-refractivity contribution >= 4 is 5.97 Å². The van der Waals surface area contributed by atoms with E-state index in [2.05, 4.69) is 5.32 Å². The summed E-state index contributed by atoms with van der Waals surface area (Å²) in [5.41, 5.74) is 0.307. The molecule has 0 amide bonds. The highest BCUT2D eigenvalue weighted by atomic mass is 16.4. The van der Waals surface area contributed by atoms with Crippen LogP contribution >= 0.6 is 0 Å². The van der Waals surface area contributed by atoms with E-state index in [1.807, 2.05) is 30.3 Å². The molecule has 0 atom stereocenters. The maximum atomic E-state index is 11.5. The van der Waals surface area contributed by atoms with Crippen LogP contribution in [-0.2, 0) is 10.2 Å². The van der Waals surface area contributed by atoms with Gasteiger partial charge in [-0.05, 0) is 5.56 Å². The molecule has 0 unspecified atom stereocenters. The molecule has 3 N–H and O–H groups in total. The molecule has 1 fully saturated rings. The second kappa shape index (κ2) is 4.03. The first kappa shape index (κ1) is 10.2. The van der Waals surface area contributed by atoms with Gasteiger partial charge >= 0.3 is 5.97 Å². The number of hydrogen-bond donors (Lipinski definition) is 2. The number of benzene rings is 1. The second-order valence-corrected chi connectivity index (χ2v) is 4.12. The van der Waals surface area contributed by atoms with Crippen LogP contribution in [0.5, 0.6) is 0 Å². The van der Waals surface area contributed by atoms with Crippen molar-refractivity contribution in [3.8, 4) is 0 Å². The fourth-order valence-corrected chi connectivity index (χ4v) is 2.35. The van der Waals surface area contributed by atoms with Gasteiger partial charge in [0.15, 0.2) is 0 Å². The van der Waals surface area contributed by atoms with Crippen molar-refractivity contribution in [1.82, 2.24) is 0 Å². The molecule has 3 nitrogen and oxygen atoms in total. The van der Waals surface area contributed by atoms with Gasteiger partial charge in [0.25, 0.3) is 0 Å². The zero-order valence-electron chi connectivity index (χ0n) is 8.65. The van der Waals surface area contributed by atoms with Gasteiger partial charge in [0.1, 0.15) is 5.41 Å². The summed E-state index contributed by atoms with van der Waals surface area (Å²) < 4.78 is 0. The Morgan fingerprint density at radius 2 is 1.80 bits per heavy atom. The molecule has 80 valence electrons. The van der Waals surface area contributed by atoms with Gasteiger partial charge in [-0.25, -0.2) is 0 Å². The molecule has 0 aromatic heterocycles. The van der Waals surface area contributed by atoms with Crippen LogP contribution in [0.15, 0.2) is 30.3 Å². The maximum Gasteiger partial charge on any atom is 0.314 e. The minimum absolute atomic E-state index is 0.643. The minimum atomic E-state index is -0.679. The number of piperidine rings is 1. The Hall–Kier alpha value is -1.35. The van der Waals surface area contributed by atoms with Gasteiger partial charge in [-0.1, -0.05) is 30.3 Å². The van der Waals surface area contributed by atoms with Crippen LogP contribution < -0.4 is 5.32 Å². The molecule has 0 bridgehead atoms. The molecule has 1 aliphatic heterocycles. The van der Waals surface area contributed by atoms with Gasteiger partial charge in [0, 0.05) is 12.8 Å². The SMILES string of the molecule is O=C(O)C1(c2ccccc2)CC[NH2+]CC1. The van der Waals surface area contributed by atoms with Crippen LogP contribution in [0.3, 0.4) is 0 Å². The number of carboxylic acids is 1. The molecule has 3 heteroatoms. The first-order valence-corrected chi connectivity index (χ1v) is 5.36. The number of aliphatic carboxylic acids is 1. The molecule has 0 radical (unpaired) electrons. The number of hydrogen-bond acceptors (Lipinski definition) is 1. The van der Waals surface area contributed by atoms with E-state index in [4.69, 9.17) is 0 Å². The van der Waals surface area contributed by atoms with Crippen molar-refractivity contribution in [3.05, 3.63) is 35.9 Å². The quantitative estimate of drug-likeness (QED) is 0.734. The molecule has 1 aliphatic rings. The van der Waals surface area contributed by atoms with E-state index in [1.54, 1.807) is 0 Å². The van der Waals surface area contributed by atoms with Crippen molar-refractivity contribution in [2.24, 2.45) is 0 Å². The minimum Gasteiger partial charge on any atom is -0.481 e. The smallest absolute Gasteiger partial charge is 0.314 e. The van der Waals surface area contributed by atoms with Gasteiger partial charge in [-0.2, -0.15) is 0 Å². The number of rotatable bonds is 2. The maximum absolute atomic E-state index is 11.5. The normalized spacial score (nSPS) is 19.7. The van der Waals surface area contributed by atoms with Gasteiger partial charge in [-0.15, -0.1) is 0 Å². The van der Waals surface area contributed by atoms with Crippen LogP contribution in [0.25, 0.3) is 0 Å². The molecule has 1 heterocycles. The van der Waals surface area contributed by atoms with Crippen molar-refractivity contribution in [1.29, 1.82) is 0 Å². The van der Waals surface area contributed by atoms with Crippen molar-refractivity contribution < 1.29 is 15.2 Å². The molecule has 1 aromatic carbocycles.